The average molecular weight is 468 g/mol. The van der Waals surface area contributed by atoms with Crippen LogP contribution in [0.1, 0.15) is 6.92 Å². The highest BCUT2D eigenvalue weighted by atomic mass is 32.2. The van der Waals surface area contributed by atoms with E-state index in [1.165, 1.54) is 38.3 Å². The number of hydrogen-bond acceptors (Lipinski definition) is 8. The lowest BCUT2D eigenvalue weighted by molar-refractivity contribution is -0.119. The molecule has 4 rings (SSSR count). The van der Waals surface area contributed by atoms with E-state index in [-0.39, 0.29) is 21.5 Å². The van der Waals surface area contributed by atoms with Crippen LogP contribution in [0.5, 0.6) is 5.75 Å². The van der Waals surface area contributed by atoms with Crippen LogP contribution in [0.15, 0.2) is 47.4 Å². The Kier molecular flexibility index (Phi) is 4.95. The average Bonchev–Trinajstić information content (AvgIpc) is 3.16. The van der Waals surface area contributed by atoms with Crippen LogP contribution in [0.3, 0.4) is 0 Å². The van der Waals surface area contributed by atoms with Crippen molar-refractivity contribution in [3.63, 3.8) is 0 Å². The van der Waals surface area contributed by atoms with Crippen LogP contribution in [0.25, 0.3) is 10.2 Å². The molecule has 12 heteroatoms. The van der Waals surface area contributed by atoms with E-state index in [0.29, 0.717) is 11.3 Å². The van der Waals surface area contributed by atoms with Gasteiger partial charge in [-0.15, -0.1) is 0 Å². The SMILES string of the molecule is COc1ccc2nc(NS(=O)(=O)c3ccc(N4C(=O)C(C)CS4(=O)=O)cc3)sc2c1. The molecule has 158 valence electrons. The van der Waals surface area contributed by atoms with Gasteiger partial charge in [-0.2, -0.15) is 0 Å². The number of hydrogen-bond donors (Lipinski definition) is 1. The minimum atomic E-state index is -3.96. The zero-order valence-corrected chi connectivity index (χ0v) is 18.3. The zero-order valence-electron chi connectivity index (χ0n) is 15.9. The molecule has 1 aromatic heterocycles. The van der Waals surface area contributed by atoms with Gasteiger partial charge in [0.2, 0.25) is 15.9 Å². The van der Waals surface area contributed by atoms with E-state index in [4.69, 9.17) is 4.74 Å². The summed E-state index contributed by atoms with van der Waals surface area (Å²) in [7, 11) is -6.17. The van der Waals surface area contributed by atoms with Crippen LogP contribution >= 0.6 is 11.3 Å². The van der Waals surface area contributed by atoms with Gasteiger partial charge in [-0.05, 0) is 42.5 Å². The largest absolute Gasteiger partial charge is 0.497 e. The first-order chi connectivity index (χ1) is 14.1. The molecule has 0 saturated carbocycles. The van der Waals surface area contributed by atoms with Crippen molar-refractivity contribution in [2.24, 2.45) is 5.92 Å². The molecule has 2 heterocycles. The molecular formula is C18H17N3O6S3. The summed E-state index contributed by atoms with van der Waals surface area (Å²) >= 11 is 1.16. The summed E-state index contributed by atoms with van der Waals surface area (Å²) in [5.74, 6) is -0.807. The van der Waals surface area contributed by atoms with Crippen LogP contribution in [-0.2, 0) is 24.8 Å². The lowest BCUT2D eigenvalue weighted by Crippen LogP contribution is -2.30. The Morgan fingerprint density at radius 1 is 1.20 bits per heavy atom. The van der Waals surface area contributed by atoms with E-state index in [0.717, 1.165) is 20.3 Å². The Morgan fingerprint density at radius 3 is 2.50 bits per heavy atom. The first kappa shape index (κ1) is 20.6. The van der Waals surface area contributed by atoms with Gasteiger partial charge >= 0.3 is 0 Å². The monoisotopic (exact) mass is 467 g/mol. The van der Waals surface area contributed by atoms with Gasteiger partial charge in [0, 0.05) is 0 Å². The quantitative estimate of drug-likeness (QED) is 0.611. The molecule has 1 N–H and O–H groups in total. The second-order valence-electron chi connectivity index (χ2n) is 6.73. The number of benzene rings is 2. The number of carbonyl (C=O) groups is 1. The van der Waals surface area contributed by atoms with Crippen molar-refractivity contribution in [2.75, 3.05) is 21.9 Å². The smallest absolute Gasteiger partial charge is 0.263 e. The fraction of sp³-hybridized carbons (Fsp3) is 0.222. The molecule has 0 bridgehead atoms. The molecule has 3 aromatic rings. The normalized spacial score (nSPS) is 18.7. The summed E-state index contributed by atoms with van der Waals surface area (Å²) in [6, 6.07) is 10.3. The van der Waals surface area contributed by atoms with Gasteiger partial charge in [0.1, 0.15) is 5.75 Å². The maximum atomic E-state index is 12.7. The molecule has 0 radical (unpaired) electrons. The fourth-order valence-electron chi connectivity index (χ4n) is 3.10. The second-order valence-corrected chi connectivity index (χ2v) is 11.3. The van der Waals surface area contributed by atoms with Crippen molar-refractivity contribution in [2.45, 2.75) is 11.8 Å². The summed E-state index contributed by atoms with van der Waals surface area (Å²) in [5.41, 5.74) is 0.733. The number of thiazole rings is 1. The Balaban J connectivity index is 1.60. The molecule has 1 aliphatic rings. The number of anilines is 2. The second kappa shape index (κ2) is 7.22. The number of carbonyl (C=O) groups excluding carboxylic acids is 1. The highest BCUT2D eigenvalue weighted by Crippen LogP contribution is 2.32. The Morgan fingerprint density at radius 2 is 1.90 bits per heavy atom. The Labute approximate surface area is 177 Å². The van der Waals surface area contributed by atoms with Gasteiger partial charge < -0.3 is 4.74 Å². The third kappa shape index (κ3) is 3.61. The molecule has 1 saturated heterocycles. The van der Waals surface area contributed by atoms with E-state index in [9.17, 15) is 21.6 Å². The number of sulfonamides is 2. The molecular weight excluding hydrogens is 450 g/mol. The van der Waals surface area contributed by atoms with Crippen molar-refractivity contribution in [1.82, 2.24) is 4.98 Å². The highest BCUT2D eigenvalue weighted by Gasteiger charge is 2.42. The fourth-order valence-corrected chi connectivity index (χ4v) is 7.05. The van der Waals surface area contributed by atoms with Gasteiger partial charge in [-0.3, -0.25) is 9.52 Å². The minimum Gasteiger partial charge on any atom is -0.497 e. The standard InChI is InChI=1S/C18H17N3O6S3/c1-11-10-29(23,24)21(17(11)22)12-3-6-14(7-4-12)30(25,26)20-18-19-15-8-5-13(27-2)9-16(15)28-18/h3-9,11H,10H2,1-2H3,(H,19,20). The van der Waals surface area contributed by atoms with Crippen molar-refractivity contribution < 1.29 is 26.4 Å². The minimum absolute atomic E-state index is 0.0832. The molecule has 2 aromatic carbocycles. The van der Waals surface area contributed by atoms with Crippen molar-refractivity contribution in [3.05, 3.63) is 42.5 Å². The molecule has 1 atom stereocenters. The molecule has 1 fully saturated rings. The van der Waals surface area contributed by atoms with Crippen molar-refractivity contribution >= 4 is 58.3 Å². The number of ether oxygens (including phenoxy) is 1. The lowest BCUT2D eigenvalue weighted by atomic mass is 10.2. The Hall–Kier alpha value is -2.70. The third-order valence-electron chi connectivity index (χ3n) is 4.56. The lowest BCUT2D eigenvalue weighted by Gasteiger charge is -2.15. The highest BCUT2D eigenvalue weighted by molar-refractivity contribution is 7.94. The van der Waals surface area contributed by atoms with Crippen LogP contribution in [-0.4, -0.2) is 40.6 Å². The molecule has 0 spiro atoms. The third-order valence-corrected chi connectivity index (χ3v) is 8.85. The molecule has 1 unspecified atom stereocenters. The molecule has 1 aliphatic heterocycles. The maximum Gasteiger partial charge on any atom is 0.263 e. The van der Waals surface area contributed by atoms with Gasteiger partial charge in [0.15, 0.2) is 5.13 Å². The van der Waals surface area contributed by atoms with Gasteiger partial charge in [-0.25, -0.2) is 26.1 Å². The number of amides is 1. The number of nitrogens with zero attached hydrogens (tertiary/aromatic N) is 2. The van der Waals surface area contributed by atoms with E-state index in [2.05, 4.69) is 9.71 Å². The first-order valence-corrected chi connectivity index (χ1v) is 12.7. The predicted octanol–water partition coefficient (Wildman–Crippen LogP) is 2.42. The topological polar surface area (TPSA) is 123 Å². The van der Waals surface area contributed by atoms with Crippen LogP contribution < -0.4 is 13.8 Å². The first-order valence-electron chi connectivity index (χ1n) is 8.75. The molecule has 0 aliphatic carbocycles. The summed E-state index contributed by atoms with van der Waals surface area (Å²) < 4.78 is 58.9. The molecule has 1 amide bonds. The van der Waals surface area contributed by atoms with Crippen molar-refractivity contribution in [1.29, 1.82) is 0 Å². The number of methoxy groups -OCH3 is 1. The van der Waals surface area contributed by atoms with E-state index >= 15 is 0 Å². The van der Waals surface area contributed by atoms with Gasteiger partial charge in [-0.1, -0.05) is 18.3 Å². The number of nitrogens with one attached hydrogen (secondary N) is 1. The van der Waals surface area contributed by atoms with Gasteiger partial charge in [0.25, 0.3) is 10.0 Å². The number of rotatable bonds is 5. The number of fused-ring (bicyclic) bond motifs is 1. The zero-order chi connectivity index (χ0) is 21.7. The van der Waals surface area contributed by atoms with E-state index < -0.39 is 31.9 Å². The van der Waals surface area contributed by atoms with E-state index in [1.807, 2.05) is 0 Å². The summed E-state index contributed by atoms with van der Waals surface area (Å²) in [6.45, 7) is 1.54. The van der Waals surface area contributed by atoms with E-state index in [1.54, 1.807) is 18.2 Å². The van der Waals surface area contributed by atoms with Crippen LogP contribution in [0.2, 0.25) is 0 Å². The summed E-state index contributed by atoms with van der Waals surface area (Å²) in [6.07, 6.45) is 0. The van der Waals surface area contributed by atoms with Crippen LogP contribution in [0.4, 0.5) is 10.8 Å². The molecule has 30 heavy (non-hydrogen) atoms. The van der Waals surface area contributed by atoms with Crippen LogP contribution in [0, 0.1) is 5.92 Å². The van der Waals surface area contributed by atoms with Gasteiger partial charge in [0.05, 0.1) is 39.6 Å². The summed E-state index contributed by atoms with van der Waals surface area (Å²) in [5, 5.41) is 0.188. The van der Waals surface area contributed by atoms with Crippen molar-refractivity contribution in [3.8, 4) is 5.75 Å². The predicted molar refractivity (Wildman–Crippen MR) is 114 cm³/mol. The number of aromatic nitrogens is 1. The Bertz CT molecular complexity index is 1350. The molecule has 9 nitrogen and oxygen atoms in total. The maximum absolute atomic E-state index is 12.7. The summed E-state index contributed by atoms with van der Waals surface area (Å²) in [4.78, 5) is 16.3.